The van der Waals surface area contributed by atoms with Gasteiger partial charge in [-0.3, -0.25) is 14.4 Å². The number of hydrogen-bond donors (Lipinski definition) is 4. The number of rotatable bonds is 5. The van der Waals surface area contributed by atoms with E-state index >= 15 is 0 Å². The van der Waals surface area contributed by atoms with Gasteiger partial charge in [-0.25, -0.2) is 4.79 Å². The van der Waals surface area contributed by atoms with Crippen LogP contribution in [0.25, 0.3) is 0 Å². The summed E-state index contributed by atoms with van der Waals surface area (Å²) >= 11 is 0. The van der Waals surface area contributed by atoms with Crippen molar-refractivity contribution < 1.29 is 33.8 Å². The van der Waals surface area contributed by atoms with Gasteiger partial charge < -0.3 is 30.9 Å². The summed E-state index contributed by atoms with van der Waals surface area (Å²) in [5.74, 6) is -1.40. The molecule has 0 fully saturated rings. The maximum absolute atomic E-state index is 13.2. The van der Waals surface area contributed by atoms with Crippen molar-refractivity contribution >= 4 is 23.6 Å². The quantitative estimate of drug-likeness (QED) is 0.314. The molecule has 2 amide bonds. The van der Waals surface area contributed by atoms with Crippen molar-refractivity contribution in [2.75, 3.05) is 13.7 Å². The van der Waals surface area contributed by atoms with Gasteiger partial charge in [-0.2, -0.15) is 0 Å². The number of aliphatic hydroxyl groups is 1. The Morgan fingerprint density at radius 3 is 2.68 bits per heavy atom. The molecule has 10 nitrogen and oxygen atoms in total. The number of ketones is 2. The summed E-state index contributed by atoms with van der Waals surface area (Å²) in [6.45, 7) is 7.24. The van der Waals surface area contributed by atoms with E-state index in [1.807, 2.05) is 0 Å². The Hall–Kier alpha value is -3.76. The van der Waals surface area contributed by atoms with Crippen LogP contribution in [0.1, 0.15) is 46.0 Å². The van der Waals surface area contributed by atoms with E-state index in [0.717, 1.165) is 6.08 Å². The molecule has 3 unspecified atom stereocenters. The van der Waals surface area contributed by atoms with Crippen LogP contribution < -0.4 is 16.4 Å². The molecule has 0 saturated heterocycles. The standard InChI is InChI=1S/C28H37N3O7/c1-5-15-30-24-20-11-7-6-10-19(32)14-13-17(2)26(38-28(29)36)23(37-4)12-8-9-18(3)27(35)31-21(25(20)34)16-22(24)33/h5,8-9,12-13,16,19,23,26,30,32H,1,6-7,10-11,14-15H2,2-4H3,(H2,29,36)(H,31,35)/b12-8-,17-13+,18-9+. The van der Waals surface area contributed by atoms with Crippen LogP contribution in [0, 0.1) is 0 Å². The van der Waals surface area contributed by atoms with Crippen LogP contribution in [0.3, 0.4) is 0 Å². The molecule has 0 spiro atoms. The predicted molar refractivity (Wildman–Crippen MR) is 142 cm³/mol. The fraction of sp³-hybridized carbons (Fsp3) is 0.429. The Morgan fingerprint density at radius 2 is 2.03 bits per heavy atom. The van der Waals surface area contributed by atoms with E-state index in [1.165, 1.54) is 13.2 Å². The maximum atomic E-state index is 13.2. The lowest BCUT2D eigenvalue weighted by Crippen LogP contribution is -2.35. The number of Topliss-reactive ketones (excluding diaryl/α,β-unsaturated/α-hetero) is 1. The zero-order chi connectivity index (χ0) is 28.2. The molecular formula is C28H37N3O7. The third-order valence-electron chi connectivity index (χ3n) is 6.21. The number of primary amides is 1. The number of methoxy groups -OCH3 is 1. The molecule has 1 aliphatic heterocycles. The highest BCUT2D eigenvalue weighted by Crippen LogP contribution is 2.23. The van der Waals surface area contributed by atoms with E-state index in [4.69, 9.17) is 15.2 Å². The second-order valence-corrected chi connectivity index (χ2v) is 9.10. The van der Waals surface area contributed by atoms with Gasteiger partial charge >= 0.3 is 6.09 Å². The first-order valence-electron chi connectivity index (χ1n) is 12.5. The molecule has 2 rings (SSSR count). The summed E-state index contributed by atoms with van der Waals surface area (Å²) in [7, 11) is 1.44. The monoisotopic (exact) mass is 527 g/mol. The molecule has 5 N–H and O–H groups in total. The van der Waals surface area contributed by atoms with Gasteiger partial charge in [-0.15, -0.1) is 6.58 Å². The van der Waals surface area contributed by atoms with Gasteiger partial charge in [0.15, 0.2) is 6.10 Å². The third-order valence-corrected chi connectivity index (χ3v) is 6.21. The molecule has 0 aromatic carbocycles. The molecule has 0 aromatic rings. The summed E-state index contributed by atoms with van der Waals surface area (Å²) in [4.78, 5) is 50.3. The first-order valence-corrected chi connectivity index (χ1v) is 12.5. The summed E-state index contributed by atoms with van der Waals surface area (Å²) in [5.41, 5.74) is 6.55. The van der Waals surface area contributed by atoms with Gasteiger partial charge in [0.2, 0.25) is 11.6 Å². The smallest absolute Gasteiger partial charge is 0.405 e. The van der Waals surface area contributed by atoms with Crippen molar-refractivity contribution in [3.05, 3.63) is 71.1 Å². The molecule has 38 heavy (non-hydrogen) atoms. The van der Waals surface area contributed by atoms with Crippen molar-refractivity contribution in [2.24, 2.45) is 5.73 Å². The van der Waals surface area contributed by atoms with Crippen molar-refractivity contribution in [1.29, 1.82) is 0 Å². The van der Waals surface area contributed by atoms with Crippen LogP contribution in [0.4, 0.5) is 4.79 Å². The fourth-order valence-electron chi connectivity index (χ4n) is 4.08. The summed E-state index contributed by atoms with van der Waals surface area (Å²) in [6.07, 6.45) is 8.09. The number of allylic oxidation sites excluding steroid dienone is 4. The van der Waals surface area contributed by atoms with E-state index in [2.05, 4.69) is 17.2 Å². The minimum absolute atomic E-state index is 0.0988. The Morgan fingerprint density at radius 1 is 1.29 bits per heavy atom. The first kappa shape index (κ1) is 30.5. The van der Waals surface area contributed by atoms with Gasteiger partial charge in [0.25, 0.3) is 5.91 Å². The first-order chi connectivity index (χ1) is 18.1. The third kappa shape index (κ3) is 8.67. The summed E-state index contributed by atoms with van der Waals surface area (Å²) in [6, 6.07) is 0. The minimum Gasteiger partial charge on any atom is -0.439 e. The fourth-order valence-corrected chi connectivity index (χ4v) is 4.08. The average molecular weight is 528 g/mol. The molecular weight excluding hydrogens is 490 g/mol. The van der Waals surface area contributed by atoms with Crippen molar-refractivity contribution in [3.8, 4) is 0 Å². The van der Waals surface area contributed by atoms with Crippen LogP contribution in [0.15, 0.2) is 71.1 Å². The number of fused-ring (bicyclic) bond motifs is 2. The number of carbonyl (C=O) groups is 4. The number of carbonyl (C=O) groups excluding carboxylic acids is 4. The van der Waals surface area contributed by atoms with Crippen molar-refractivity contribution in [3.63, 3.8) is 0 Å². The number of aliphatic hydroxyl groups excluding tert-OH is 1. The lowest BCUT2D eigenvalue weighted by atomic mass is 9.92. The highest BCUT2D eigenvalue weighted by Gasteiger charge is 2.29. The molecule has 0 saturated carbocycles. The van der Waals surface area contributed by atoms with Gasteiger partial charge in [0.05, 0.1) is 17.5 Å². The lowest BCUT2D eigenvalue weighted by molar-refractivity contribution is -0.120. The summed E-state index contributed by atoms with van der Waals surface area (Å²) in [5, 5.41) is 16.0. The highest BCUT2D eigenvalue weighted by atomic mass is 16.6. The van der Waals surface area contributed by atoms with Crippen LogP contribution >= 0.6 is 0 Å². The molecule has 206 valence electrons. The molecule has 1 aliphatic carbocycles. The van der Waals surface area contributed by atoms with Crippen LogP contribution in [-0.2, 0) is 23.9 Å². The largest absolute Gasteiger partial charge is 0.439 e. The average Bonchev–Trinajstić information content (AvgIpc) is 2.87. The zero-order valence-corrected chi connectivity index (χ0v) is 22.1. The van der Waals surface area contributed by atoms with Gasteiger partial charge in [-0.1, -0.05) is 36.8 Å². The minimum atomic E-state index is -0.974. The Kier molecular flexibility index (Phi) is 11.9. The topological polar surface area (TPSA) is 157 Å². The molecule has 3 atom stereocenters. The van der Waals surface area contributed by atoms with Gasteiger partial charge in [0.1, 0.15) is 6.10 Å². The second kappa shape index (κ2) is 14.8. The Balaban J connectivity index is 2.43. The second-order valence-electron chi connectivity index (χ2n) is 9.10. The number of nitrogens with one attached hydrogen (secondary N) is 2. The molecule has 1 heterocycles. The molecule has 0 radical (unpaired) electrons. The lowest BCUT2D eigenvalue weighted by Gasteiger charge is -2.24. The van der Waals surface area contributed by atoms with E-state index in [9.17, 15) is 24.3 Å². The van der Waals surface area contributed by atoms with Crippen LogP contribution in [-0.4, -0.2) is 60.6 Å². The molecule has 10 heteroatoms. The van der Waals surface area contributed by atoms with Gasteiger partial charge in [-0.05, 0) is 45.1 Å². The predicted octanol–water partition coefficient (Wildman–Crippen LogP) is 2.42. The Bertz CT molecular complexity index is 1100. The van der Waals surface area contributed by atoms with Gasteiger partial charge in [0, 0.05) is 30.9 Å². The summed E-state index contributed by atoms with van der Waals surface area (Å²) < 4.78 is 10.8. The Labute approximate surface area is 223 Å². The molecule has 0 aromatic heterocycles. The van der Waals surface area contributed by atoms with Crippen LogP contribution in [0.5, 0.6) is 0 Å². The normalized spacial score (nSPS) is 27.7. The maximum Gasteiger partial charge on any atom is 0.405 e. The zero-order valence-electron chi connectivity index (χ0n) is 22.1. The van der Waals surface area contributed by atoms with E-state index in [0.29, 0.717) is 44.2 Å². The number of hydrogen-bond acceptors (Lipinski definition) is 8. The van der Waals surface area contributed by atoms with E-state index in [-0.39, 0.29) is 22.5 Å². The SMILES string of the molecule is C=CCNC1=C2CCCCC(O)C/C=C(\C)C(OC(N)=O)C(OC)/C=C\C=C(/C)C(=O)NC(=CC1=O)C2=O. The highest BCUT2D eigenvalue weighted by molar-refractivity contribution is 6.23. The number of ether oxygens (including phenoxy) is 2. The van der Waals surface area contributed by atoms with Crippen molar-refractivity contribution in [2.45, 2.75) is 64.3 Å². The van der Waals surface area contributed by atoms with Crippen LogP contribution in [0.2, 0.25) is 0 Å². The van der Waals surface area contributed by atoms with E-state index < -0.39 is 41.9 Å². The molecule has 2 bridgehead atoms. The van der Waals surface area contributed by atoms with E-state index in [1.54, 1.807) is 38.2 Å². The number of nitrogens with two attached hydrogens (primary N) is 1. The number of amides is 2. The molecule has 2 aliphatic rings. The van der Waals surface area contributed by atoms with Crippen molar-refractivity contribution in [1.82, 2.24) is 10.6 Å².